The molecule has 2 heteroatoms. The molecule has 0 aliphatic heterocycles. The third-order valence-electron chi connectivity index (χ3n) is 2.49. The predicted molar refractivity (Wildman–Crippen MR) is 67.9 cm³/mol. The van der Waals surface area contributed by atoms with Gasteiger partial charge in [0, 0.05) is 6.61 Å². The van der Waals surface area contributed by atoms with Gasteiger partial charge in [0.1, 0.15) is 0 Å². The second kappa shape index (κ2) is 8.94. The van der Waals surface area contributed by atoms with Gasteiger partial charge in [-0.25, -0.2) is 0 Å². The Balaban J connectivity index is 4.85. The maximum absolute atomic E-state index is 8.93. The van der Waals surface area contributed by atoms with Gasteiger partial charge in [-0.2, -0.15) is 5.26 Å². The molecule has 0 radical (unpaired) electrons. The van der Waals surface area contributed by atoms with Crippen LogP contribution in [0.5, 0.6) is 0 Å². The summed E-state index contributed by atoms with van der Waals surface area (Å²) in [4.78, 5) is 0. The minimum absolute atomic E-state index is 0.438. The van der Waals surface area contributed by atoms with E-state index in [1.807, 2.05) is 13.0 Å². The molecule has 0 fully saturated rings. The number of ether oxygens (including phenoxy) is 1. The van der Waals surface area contributed by atoms with E-state index in [-0.39, 0.29) is 0 Å². The molecule has 0 aromatic carbocycles. The van der Waals surface area contributed by atoms with Gasteiger partial charge in [-0.3, -0.25) is 0 Å². The topological polar surface area (TPSA) is 33.0 Å². The molecule has 0 spiro atoms. The summed E-state index contributed by atoms with van der Waals surface area (Å²) in [7, 11) is 0. The maximum atomic E-state index is 8.93. The minimum atomic E-state index is 0.438. The molecule has 0 N–H and O–H groups in total. The summed E-state index contributed by atoms with van der Waals surface area (Å²) in [6.45, 7) is 11.1. The van der Waals surface area contributed by atoms with E-state index in [0.29, 0.717) is 24.7 Å². The highest BCUT2D eigenvalue weighted by Gasteiger charge is 2.07. The van der Waals surface area contributed by atoms with Crippen molar-refractivity contribution >= 4 is 0 Å². The standard InChI is InChI=1S/C14H21NO/c1-5-8-13(10-15)9-14(11-16-7-3)12(4)6-2/h5,8-9,12H,1,6-7,11H2,2-4H3/b13-8+,14-9-. The average molecular weight is 219 g/mol. The molecular formula is C14H21NO. The third kappa shape index (κ3) is 5.53. The molecule has 16 heavy (non-hydrogen) atoms. The Morgan fingerprint density at radius 1 is 1.50 bits per heavy atom. The van der Waals surface area contributed by atoms with E-state index in [4.69, 9.17) is 10.00 Å². The number of allylic oxidation sites excluding steroid dienone is 4. The lowest BCUT2D eigenvalue weighted by Gasteiger charge is -2.13. The average Bonchev–Trinajstić information content (AvgIpc) is 2.32. The molecule has 0 rings (SSSR count). The second-order valence-electron chi connectivity index (χ2n) is 3.64. The summed E-state index contributed by atoms with van der Waals surface area (Å²) in [5.41, 5.74) is 1.80. The van der Waals surface area contributed by atoms with Crippen LogP contribution >= 0.6 is 0 Å². The van der Waals surface area contributed by atoms with Gasteiger partial charge in [0.2, 0.25) is 0 Å². The molecule has 0 aliphatic carbocycles. The van der Waals surface area contributed by atoms with Crippen LogP contribution in [0.15, 0.2) is 36.0 Å². The molecular weight excluding hydrogens is 198 g/mol. The van der Waals surface area contributed by atoms with E-state index >= 15 is 0 Å². The van der Waals surface area contributed by atoms with Gasteiger partial charge < -0.3 is 4.74 Å². The molecule has 88 valence electrons. The van der Waals surface area contributed by atoms with E-state index in [1.165, 1.54) is 5.57 Å². The second-order valence-corrected chi connectivity index (χ2v) is 3.64. The fraction of sp³-hybridized carbons (Fsp3) is 0.500. The normalized spacial score (nSPS) is 14.4. The number of nitrogens with zero attached hydrogens (tertiary/aromatic N) is 1. The molecule has 2 nitrogen and oxygen atoms in total. The van der Waals surface area contributed by atoms with Gasteiger partial charge in [0.05, 0.1) is 18.2 Å². The van der Waals surface area contributed by atoms with E-state index < -0.39 is 0 Å². The number of nitriles is 1. The van der Waals surface area contributed by atoms with Crippen molar-refractivity contribution in [1.29, 1.82) is 5.26 Å². The van der Waals surface area contributed by atoms with Crippen molar-refractivity contribution in [3.05, 3.63) is 36.0 Å². The zero-order valence-corrected chi connectivity index (χ0v) is 10.5. The summed E-state index contributed by atoms with van der Waals surface area (Å²) >= 11 is 0. The van der Waals surface area contributed by atoms with Crippen molar-refractivity contribution in [3.8, 4) is 6.07 Å². The van der Waals surface area contributed by atoms with E-state index in [9.17, 15) is 0 Å². The highest BCUT2D eigenvalue weighted by atomic mass is 16.5. The predicted octanol–water partition coefficient (Wildman–Crippen LogP) is 3.63. The first-order valence-electron chi connectivity index (χ1n) is 5.70. The number of hydrogen-bond donors (Lipinski definition) is 0. The van der Waals surface area contributed by atoms with Crippen LogP contribution in [0.3, 0.4) is 0 Å². The van der Waals surface area contributed by atoms with E-state index in [0.717, 1.165) is 6.42 Å². The van der Waals surface area contributed by atoms with Crippen molar-refractivity contribution < 1.29 is 4.74 Å². The van der Waals surface area contributed by atoms with Crippen LogP contribution in [0.1, 0.15) is 27.2 Å². The highest BCUT2D eigenvalue weighted by molar-refractivity contribution is 5.38. The maximum Gasteiger partial charge on any atom is 0.0991 e. The Morgan fingerprint density at radius 3 is 2.62 bits per heavy atom. The van der Waals surface area contributed by atoms with Gasteiger partial charge in [-0.1, -0.05) is 26.5 Å². The molecule has 1 atom stereocenters. The lowest BCUT2D eigenvalue weighted by molar-refractivity contribution is 0.164. The van der Waals surface area contributed by atoms with Crippen LogP contribution in [0.2, 0.25) is 0 Å². The monoisotopic (exact) mass is 219 g/mol. The summed E-state index contributed by atoms with van der Waals surface area (Å²) in [5, 5.41) is 8.93. The first kappa shape index (κ1) is 14.7. The minimum Gasteiger partial charge on any atom is -0.377 e. The van der Waals surface area contributed by atoms with Gasteiger partial charge >= 0.3 is 0 Å². The Morgan fingerprint density at radius 2 is 2.19 bits per heavy atom. The molecule has 1 unspecified atom stereocenters. The zero-order chi connectivity index (χ0) is 12.4. The zero-order valence-electron chi connectivity index (χ0n) is 10.5. The molecule has 0 aromatic heterocycles. The van der Waals surface area contributed by atoms with Gasteiger partial charge in [0.25, 0.3) is 0 Å². The Labute approximate surface area is 98.9 Å². The first-order chi connectivity index (χ1) is 7.69. The lowest BCUT2D eigenvalue weighted by atomic mass is 9.97. The molecule has 0 aliphatic rings. The third-order valence-corrected chi connectivity index (χ3v) is 2.49. The van der Waals surface area contributed by atoms with Gasteiger partial charge in [-0.05, 0) is 37.0 Å². The van der Waals surface area contributed by atoms with Crippen LogP contribution in [-0.4, -0.2) is 13.2 Å². The summed E-state index contributed by atoms with van der Waals surface area (Å²) in [6, 6.07) is 2.15. The molecule has 0 bridgehead atoms. The lowest BCUT2D eigenvalue weighted by Crippen LogP contribution is -2.06. The quantitative estimate of drug-likeness (QED) is 0.484. The van der Waals surface area contributed by atoms with Crippen molar-refractivity contribution in [3.63, 3.8) is 0 Å². The van der Waals surface area contributed by atoms with Crippen LogP contribution in [0.25, 0.3) is 0 Å². The fourth-order valence-electron chi connectivity index (χ4n) is 1.25. The first-order valence-corrected chi connectivity index (χ1v) is 5.70. The Hall–Kier alpha value is -1.33. The van der Waals surface area contributed by atoms with Crippen molar-refractivity contribution in [2.45, 2.75) is 27.2 Å². The summed E-state index contributed by atoms with van der Waals surface area (Å²) in [6.07, 6.45) is 6.30. The number of hydrogen-bond acceptors (Lipinski definition) is 2. The van der Waals surface area contributed by atoms with E-state index in [1.54, 1.807) is 12.2 Å². The molecule has 0 amide bonds. The smallest absolute Gasteiger partial charge is 0.0991 e. The van der Waals surface area contributed by atoms with Gasteiger partial charge in [-0.15, -0.1) is 0 Å². The molecule has 0 saturated heterocycles. The summed E-state index contributed by atoms with van der Waals surface area (Å²) < 4.78 is 5.41. The Bertz CT molecular complexity index is 307. The molecule has 0 heterocycles. The highest BCUT2D eigenvalue weighted by Crippen LogP contribution is 2.17. The Kier molecular flexibility index (Phi) is 8.19. The SMILES string of the molecule is C=C/C=C(C#N)\C=C(\COCC)C(C)CC. The number of rotatable bonds is 7. The van der Waals surface area contributed by atoms with E-state index in [2.05, 4.69) is 26.5 Å². The van der Waals surface area contributed by atoms with Crippen molar-refractivity contribution in [2.24, 2.45) is 5.92 Å². The van der Waals surface area contributed by atoms with Gasteiger partial charge in [0.15, 0.2) is 0 Å². The van der Waals surface area contributed by atoms with Crippen LogP contribution in [0, 0.1) is 17.2 Å². The molecule has 0 saturated carbocycles. The fourth-order valence-corrected chi connectivity index (χ4v) is 1.25. The van der Waals surface area contributed by atoms with Crippen molar-refractivity contribution in [1.82, 2.24) is 0 Å². The van der Waals surface area contributed by atoms with Crippen LogP contribution in [0.4, 0.5) is 0 Å². The summed E-state index contributed by atoms with van der Waals surface area (Å²) in [5.74, 6) is 0.438. The van der Waals surface area contributed by atoms with Crippen LogP contribution in [-0.2, 0) is 4.74 Å². The molecule has 0 aromatic rings. The van der Waals surface area contributed by atoms with Crippen molar-refractivity contribution in [2.75, 3.05) is 13.2 Å². The van der Waals surface area contributed by atoms with Crippen LogP contribution < -0.4 is 0 Å². The largest absolute Gasteiger partial charge is 0.377 e.